The van der Waals surface area contributed by atoms with Crippen LogP contribution in [0, 0.1) is 0 Å². The van der Waals surface area contributed by atoms with E-state index in [0.29, 0.717) is 44.6 Å². The molecule has 0 aliphatic heterocycles. The zero-order valence-electron chi connectivity index (χ0n) is 24.8. The number of benzene rings is 4. The normalized spacial score (nSPS) is 10.5. The number of methoxy groups -OCH3 is 1. The van der Waals surface area contributed by atoms with Gasteiger partial charge in [-0.2, -0.15) is 10.2 Å². The van der Waals surface area contributed by atoms with E-state index in [0.717, 1.165) is 32.9 Å². The number of aromatic nitrogens is 4. The van der Waals surface area contributed by atoms with Crippen molar-refractivity contribution < 1.29 is 34.9 Å². The molecule has 7 nitrogen and oxygen atoms in total. The minimum Gasteiger partial charge on any atom is -1.00 e. The van der Waals surface area contributed by atoms with Crippen molar-refractivity contribution in [2.45, 2.75) is 19.7 Å². The molecule has 2 aromatic heterocycles. The van der Waals surface area contributed by atoms with E-state index in [-0.39, 0.29) is 35.3 Å². The van der Waals surface area contributed by atoms with Crippen LogP contribution in [0.25, 0.3) is 21.8 Å². The van der Waals surface area contributed by atoms with Gasteiger partial charge in [0.2, 0.25) is 0 Å². The third-order valence-corrected chi connectivity index (χ3v) is 7.77. The molecule has 0 aliphatic rings. The molecule has 0 spiro atoms. The summed E-state index contributed by atoms with van der Waals surface area (Å²) < 4.78 is 8.37. The van der Waals surface area contributed by atoms with E-state index >= 15 is 0 Å². The molecule has 1 N–H and O–H groups in total. The van der Waals surface area contributed by atoms with Crippen LogP contribution < -0.4 is 18.9 Å². The van der Waals surface area contributed by atoms with Crippen molar-refractivity contribution in [2.75, 3.05) is 7.11 Å². The number of aliphatic hydroxyl groups is 1. The maximum Gasteiger partial charge on any atom is 1.00 e. The molecule has 2 heterocycles. The Hall–Kier alpha value is -2.93. The number of hydrogen-bond acceptors (Lipinski definition) is 5. The van der Waals surface area contributed by atoms with E-state index in [9.17, 15) is 9.90 Å². The number of hydrogen-bond donors (Lipinski definition) is 1. The van der Waals surface area contributed by atoms with Gasteiger partial charge in [0.15, 0.2) is 5.69 Å². The quantitative estimate of drug-likeness (QED) is 0.205. The number of ether oxygens (including phenoxy) is 1. The molecule has 13 heteroatoms. The monoisotopic (exact) mass is 659 g/mol. The van der Waals surface area contributed by atoms with Crippen molar-refractivity contribution in [1.29, 1.82) is 0 Å². The zero-order chi connectivity index (χ0) is 29.8. The summed E-state index contributed by atoms with van der Waals surface area (Å²) in [6.07, 6.45) is 0. The van der Waals surface area contributed by atoms with Crippen molar-refractivity contribution in [1.82, 2.24) is 19.6 Å². The van der Waals surface area contributed by atoms with Gasteiger partial charge >= 0.3 is 24.8 Å². The Morgan fingerprint density at radius 2 is 1.25 bits per heavy atom. The summed E-state index contributed by atoms with van der Waals surface area (Å²) in [5, 5.41) is 22.3. The van der Waals surface area contributed by atoms with Crippen molar-refractivity contribution in [3.63, 3.8) is 0 Å². The fourth-order valence-electron chi connectivity index (χ4n) is 4.55. The van der Waals surface area contributed by atoms with Gasteiger partial charge in [0.05, 0.1) is 43.5 Å². The predicted octanol–water partition coefficient (Wildman–Crippen LogP) is 4.80. The molecule has 219 valence electrons. The van der Waals surface area contributed by atoms with Gasteiger partial charge in [-0.05, 0) is 47.5 Å². The Kier molecular flexibility index (Phi) is 12.8. The molecular formula is C31H25BCl4LiN4O3. The molecule has 0 fully saturated rings. The second-order valence-corrected chi connectivity index (χ2v) is 11.0. The molecule has 4 aromatic carbocycles. The van der Waals surface area contributed by atoms with Crippen molar-refractivity contribution in [3.8, 4) is 0 Å². The first-order valence-corrected chi connectivity index (χ1v) is 14.3. The van der Waals surface area contributed by atoms with E-state index in [4.69, 9.17) is 51.1 Å². The van der Waals surface area contributed by atoms with Crippen LogP contribution in [0.5, 0.6) is 0 Å². The van der Waals surface area contributed by atoms with E-state index in [2.05, 4.69) is 10.2 Å². The number of halogens is 4. The van der Waals surface area contributed by atoms with Crippen LogP contribution in [0.3, 0.4) is 0 Å². The van der Waals surface area contributed by atoms with Crippen molar-refractivity contribution in [2.24, 2.45) is 0 Å². The van der Waals surface area contributed by atoms with Crippen LogP contribution in [0.15, 0.2) is 84.9 Å². The maximum absolute atomic E-state index is 11.9. The molecule has 3 radical (unpaired) electrons. The van der Waals surface area contributed by atoms with E-state index in [1.807, 2.05) is 65.3 Å². The van der Waals surface area contributed by atoms with Gasteiger partial charge in [0.25, 0.3) is 0 Å². The number of aliphatic hydroxyl groups excluding tert-OH is 1. The topological polar surface area (TPSA) is 82.2 Å². The first-order chi connectivity index (χ1) is 20.3. The second-order valence-electron chi connectivity index (χ2n) is 9.27. The van der Waals surface area contributed by atoms with Crippen LogP contribution in [-0.4, -0.2) is 46.2 Å². The molecule has 6 rings (SSSR count). The predicted molar refractivity (Wildman–Crippen MR) is 175 cm³/mol. The van der Waals surface area contributed by atoms with E-state index < -0.39 is 5.97 Å². The average Bonchev–Trinajstić information content (AvgIpc) is 3.54. The number of rotatable bonds is 6. The standard InChI is InChI=1S/C16H12Cl2N2O2.C15H12Cl2N2O.B.Li.H/c1-22-16(21)15-12-4-2-3-5-14(12)20(19-15)9-10-6-7-11(17)8-13(10)18;16-11-6-5-10(13(17)7-11)8-19-15-4-2-1-3-12(15)14(9-20)18-19;;;/h2-8H,9H2,1H3;1-7,20H,8-9H2;;;/q;;;+1;-1. The molecule has 0 amide bonds. The zero-order valence-corrected chi connectivity index (χ0v) is 26.9. The molecular weight excluding hydrogens is 636 g/mol. The first-order valence-electron chi connectivity index (χ1n) is 12.8. The fraction of sp³-hybridized carbons (Fsp3) is 0.129. The van der Waals surface area contributed by atoms with Crippen LogP contribution in [0.4, 0.5) is 0 Å². The van der Waals surface area contributed by atoms with Crippen LogP contribution in [0.2, 0.25) is 20.1 Å². The molecule has 0 unspecified atom stereocenters. The molecule has 0 bridgehead atoms. The van der Waals surface area contributed by atoms with Gasteiger partial charge in [-0.1, -0.05) is 94.9 Å². The second kappa shape index (κ2) is 15.9. The van der Waals surface area contributed by atoms with Gasteiger partial charge in [-0.15, -0.1) is 0 Å². The van der Waals surface area contributed by atoms with Gasteiger partial charge in [-0.3, -0.25) is 9.36 Å². The van der Waals surface area contributed by atoms with Gasteiger partial charge in [0.1, 0.15) is 0 Å². The summed E-state index contributed by atoms with van der Waals surface area (Å²) in [5.41, 5.74) is 4.59. The SMILES string of the molecule is COC(=O)c1nn(Cc2ccc(Cl)cc2Cl)c2ccccc12.OCc1nn(Cc2ccc(Cl)cc2Cl)c2ccccc12.[B].[H-].[Li+]. The van der Waals surface area contributed by atoms with Crippen molar-refractivity contribution in [3.05, 3.63) is 128 Å². The summed E-state index contributed by atoms with van der Waals surface area (Å²) in [7, 11) is 1.34. The smallest absolute Gasteiger partial charge is 1.00 e. The summed E-state index contributed by atoms with van der Waals surface area (Å²) in [6.45, 7) is 0.895. The summed E-state index contributed by atoms with van der Waals surface area (Å²) in [6, 6.07) is 26.0. The van der Waals surface area contributed by atoms with Crippen LogP contribution in [-0.2, 0) is 24.4 Å². The van der Waals surface area contributed by atoms with E-state index in [1.54, 1.807) is 28.9 Å². The molecule has 0 aliphatic carbocycles. The molecule has 0 saturated carbocycles. The van der Waals surface area contributed by atoms with Gasteiger partial charge in [0, 0.05) is 39.3 Å². The van der Waals surface area contributed by atoms with Crippen LogP contribution in [0.1, 0.15) is 28.7 Å². The summed E-state index contributed by atoms with van der Waals surface area (Å²) >= 11 is 24.2. The number of esters is 1. The number of carbonyl (C=O) groups is 1. The minimum absolute atomic E-state index is 0. The minimum atomic E-state index is -0.461. The number of para-hydroxylation sites is 2. The van der Waals surface area contributed by atoms with Gasteiger partial charge in [-0.25, -0.2) is 4.79 Å². The Labute approximate surface area is 289 Å². The number of nitrogens with zero attached hydrogens (tertiary/aromatic N) is 4. The van der Waals surface area contributed by atoms with E-state index in [1.165, 1.54) is 7.11 Å². The first kappa shape index (κ1) is 35.6. The molecule has 44 heavy (non-hydrogen) atoms. The van der Waals surface area contributed by atoms with Crippen molar-refractivity contribution >= 4 is 82.6 Å². The Balaban J connectivity index is 0.000000295. The summed E-state index contributed by atoms with van der Waals surface area (Å²) in [5.74, 6) is -0.461. The Bertz CT molecular complexity index is 1920. The maximum atomic E-state index is 11.9. The molecule has 0 atom stereocenters. The third kappa shape index (κ3) is 7.83. The Morgan fingerprint density at radius 3 is 1.75 bits per heavy atom. The summed E-state index contributed by atoms with van der Waals surface area (Å²) in [4.78, 5) is 11.9. The van der Waals surface area contributed by atoms with Crippen LogP contribution >= 0.6 is 46.4 Å². The Morgan fingerprint density at radius 1 is 0.773 bits per heavy atom. The largest absolute Gasteiger partial charge is 1.00 e. The molecule has 6 aromatic rings. The molecule has 0 saturated heterocycles. The number of fused-ring (bicyclic) bond motifs is 2. The van der Waals surface area contributed by atoms with Gasteiger partial charge < -0.3 is 11.3 Å². The average molecular weight is 661 g/mol. The third-order valence-electron chi connectivity index (χ3n) is 6.59. The fourth-order valence-corrected chi connectivity index (χ4v) is 5.49. The number of carbonyl (C=O) groups excluding carboxylic acids is 1.